The fourth-order valence-electron chi connectivity index (χ4n) is 5.77. The van der Waals surface area contributed by atoms with Gasteiger partial charge in [0.05, 0.1) is 5.41 Å². The van der Waals surface area contributed by atoms with Crippen molar-refractivity contribution in [2.45, 2.75) is 38.1 Å². The van der Waals surface area contributed by atoms with Crippen LogP contribution < -0.4 is 9.75 Å². The molecule has 2 atom stereocenters. The van der Waals surface area contributed by atoms with Crippen molar-refractivity contribution in [1.82, 2.24) is 9.80 Å². The van der Waals surface area contributed by atoms with E-state index in [1.54, 1.807) is 13.8 Å². The van der Waals surface area contributed by atoms with Gasteiger partial charge in [0.1, 0.15) is 29.8 Å². The molecule has 2 aromatic carbocycles. The molecule has 2 aromatic rings. The van der Waals surface area contributed by atoms with Crippen molar-refractivity contribution in [3.8, 4) is 5.75 Å². The maximum Gasteiger partial charge on any atom is 0.219 e. The number of fused-ring (bicyclic) bond motifs is 3. The number of halogens is 1. The van der Waals surface area contributed by atoms with Crippen LogP contribution >= 0.6 is 11.6 Å². The highest BCUT2D eigenvalue weighted by Gasteiger charge is 2.55. The fraction of sp³-hybridized carbons (Fsp3) is 0.444. The zero-order valence-corrected chi connectivity index (χ0v) is 21.0. The van der Waals surface area contributed by atoms with E-state index in [4.69, 9.17) is 21.4 Å². The number of hydrazone groups is 1. The smallest absolute Gasteiger partial charge is 0.219 e. The number of hydrogen-bond acceptors (Lipinski definition) is 6. The number of Topliss-reactive ketones (excluding diaryl/α,β-unsaturated/α-hetero) is 1. The van der Waals surface area contributed by atoms with Crippen molar-refractivity contribution in [2.75, 3.05) is 44.3 Å². The van der Waals surface area contributed by atoms with Crippen LogP contribution in [-0.4, -0.2) is 72.6 Å². The van der Waals surface area contributed by atoms with Crippen molar-refractivity contribution < 1.29 is 14.3 Å². The molecule has 35 heavy (non-hydrogen) atoms. The highest BCUT2D eigenvalue weighted by atomic mass is 35.5. The lowest BCUT2D eigenvalue weighted by atomic mass is 9.67. The second-order valence-electron chi connectivity index (χ2n) is 9.58. The molecule has 8 heteroatoms. The molecule has 3 aliphatic rings. The number of nitrogens with zero attached hydrogens (tertiary/aromatic N) is 4. The number of benzene rings is 2. The molecule has 5 rings (SSSR count). The minimum Gasteiger partial charge on any atom is -0.489 e. The van der Waals surface area contributed by atoms with Gasteiger partial charge in [-0.25, -0.2) is 0 Å². The van der Waals surface area contributed by atoms with Crippen LogP contribution in [0.4, 0.5) is 5.69 Å². The summed E-state index contributed by atoms with van der Waals surface area (Å²) >= 11 is 6.33. The molecule has 1 unspecified atom stereocenters. The van der Waals surface area contributed by atoms with Crippen molar-refractivity contribution in [3.05, 3.63) is 59.1 Å². The van der Waals surface area contributed by atoms with Crippen LogP contribution in [0.5, 0.6) is 5.75 Å². The maximum atomic E-state index is 13.0. The van der Waals surface area contributed by atoms with E-state index in [0.717, 1.165) is 62.6 Å². The summed E-state index contributed by atoms with van der Waals surface area (Å²) in [6.45, 7) is 7.85. The lowest BCUT2D eigenvalue weighted by molar-refractivity contribution is -0.130. The Morgan fingerprint density at radius 2 is 1.83 bits per heavy atom. The number of piperazine rings is 1. The summed E-state index contributed by atoms with van der Waals surface area (Å²) in [5.41, 5.74) is 1.86. The molecule has 0 spiro atoms. The molecule has 0 radical (unpaired) electrons. The minimum atomic E-state index is -0.589. The molecule has 0 aromatic heterocycles. The van der Waals surface area contributed by atoms with Crippen LogP contribution in [0.1, 0.15) is 32.3 Å². The van der Waals surface area contributed by atoms with Gasteiger partial charge in [0.15, 0.2) is 5.78 Å². The van der Waals surface area contributed by atoms with Crippen molar-refractivity contribution in [2.24, 2.45) is 5.10 Å². The zero-order valence-electron chi connectivity index (χ0n) is 20.2. The van der Waals surface area contributed by atoms with Crippen molar-refractivity contribution in [1.29, 1.82) is 0 Å². The Hall–Kier alpha value is -2.90. The third-order valence-corrected chi connectivity index (χ3v) is 7.78. The Bertz CT molecular complexity index is 1150. The number of carbonyl (C=O) groups excluding carboxylic acids is 2. The molecule has 1 saturated heterocycles. The van der Waals surface area contributed by atoms with Gasteiger partial charge in [-0.1, -0.05) is 41.9 Å². The maximum absolute atomic E-state index is 13.0. The number of rotatable bonds is 6. The van der Waals surface area contributed by atoms with E-state index in [0.29, 0.717) is 17.3 Å². The molecular weight excluding hydrogens is 464 g/mol. The summed E-state index contributed by atoms with van der Waals surface area (Å²) < 4.78 is 6.19. The largest absolute Gasteiger partial charge is 0.489 e. The quantitative estimate of drug-likeness (QED) is 0.612. The molecule has 7 nitrogen and oxygen atoms in total. The van der Waals surface area contributed by atoms with E-state index >= 15 is 0 Å². The molecule has 1 amide bonds. The van der Waals surface area contributed by atoms with Crippen molar-refractivity contribution in [3.63, 3.8) is 0 Å². The van der Waals surface area contributed by atoms with E-state index in [1.807, 2.05) is 46.3 Å². The Morgan fingerprint density at radius 1 is 1.09 bits per heavy atom. The number of hydrogen-bond donors (Lipinski definition) is 0. The third-order valence-electron chi connectivity index (χ3n) is 7.54. The summed E-state index contributed by atoms with van der Waals surface area (Å²) in [7, 11) is 0. The summed E-state index contributed by atoms with van der Waals surface area (Å²) in [6.07, 6.45) is 1.66. The minimum absolute atomic E-state index is 0.0260. The first kappa shape index (κ1) is 23.8. The lowest BCUT2D eigenvalue weighted by Crippen LogP contribution is -2.54. The predicted octanol–water partition coefficient (Wildman–Crippen LogP) is 3.75. The first-order chi connectivity index (χ1) is 16.9. The first-order valence-corrected chi connectivity index (χ1v) is 12.6. The van der Waals surface area contributed by atoms with Crippen LogP contribution in [0.2, 0.25) is 5.02 Å². The standard InChI is InChI=1S/C27H31ClN4O3/c1-19(33)26-27(21-7-4-3-5-8-21,11-6-12-30-13-15-31(16-14-30)20(2)34)25-18-35-24-10-9-22(28)17-23(24)32(25)29-26/h3-5,7-10,17,25H,6,11-16,18H2,1-2H3/t25?,27-/m1/s1. The highest BCUT2D eigenvalue weighted by Crippen LogP contribution is 2.49. The van der Waals surface area contributed by atoms with Gasteiger partial charge < -0.3 is 9.64 Å². The van der Waals surface area contributed by atoms with E-state index in [-0.39, 0.29) is 17.7 Å². The van der Waals surface area contributed by atoms with Gasteiger partial charge in [-0.15, -0.1) is 0 Å². The fourth-order valence-corrected chi connectivity index (χ4v) is 5.94. The monoisotopic (exact) mass is 494 g/mol. The predicted molar refractivity (Wildman–Crippen MR) is 137 cm³/mol. The average molecular weight is 495 g/mol. The summed E-state index contributed by atoms with van der Waals surface area (Å²) in [5.74, 6) is 0.838. The Morgan fingerprint density at radius 3 is 2.51 bits per heavy atom. The molecular formula is C27H31ClN4O3. The van der Waals surface area contributed by atoms with Gasteiger partial charge in [0.25, 0.3) is 0 Å². The van der Waals surface area contributed by atoms with Crippen molar-refractivity contribution >= 4 is 34.7 Å². The summed E-state index contributed by atoms with van der Waals surface area (Å²) in [6, 6.07) is 15.6. The number of ether oxygens (including phenoxy) is 1. The van der Waals surface area contributed by atoms with Crippen LogP contribution in [0.25, 0.3) is 0 Å². The number of carbonyl (C=O) groups is 2. The summed E-state index contributed by atoms with van der Waals surface area (Å²) in [5, 5.41) is 7.49. The molecule has 0 aliphatic carbocycles. The number of ketones is 1. The molecule has 3 aliphatic heterocycles. The molecule has 184 valence electrons. The zero-order chi connectivity index (χ0) is 24.6. The van der Waals surface area contributed by atoms with E-state index in [1.165, 1.54) is 0 Å². The number of amides is 1. The Balaban J connectivity index is 1.45. The van der Waals surface area contributed by atoms with Crippen LogP contribution in [0.15, 0.2) is 53.6 Å². The summed E-state index contributed by atoms with van der Waals surface area (Å²) in [4.78, 5) is 29.0. The highest BCUT2D eigenvalue weighted by molar-refractivity contribution is 6.43. The normalized spacial score (nSPS) is 23.9. The van der Waals surface area contributed by atoms with Gasteiger partial charge in [-0.2, -0.15) is 5.10 Å². The Kier molecular flexibility index (Phi) is 6.55. The van der Waals surface area contributed by atoms with E-state index < -0.39 is 5.41 Å². The average Bonchev–Trinajstić information content (AvgIpc) is 3.21. The first-order valence-electron chi connectivity index (χ1n) is 12.2. The van der Waals surface area contributed by atoms with E-state index in [2.05, 4.69) is 17.0 Å². The molecule has 0 saturated carbocycles. The molecule has 0 N–H and O–H groups in total. The molecule has 0 bridgehead atoms. The van der Waals surface area contributed by atoms with Crippen LogP contribution in [0, 0.1) is 0 Å². The van der Waals surface area contributed by atoms with Gasteiger partial charge in [0, 0.05) is 45.0 Å². The van der Waals surface area contributed by atoms with Crippen LogP contribution in [-0.2, 0) is 15.0 Å². The second kappa shape index (κ2) is 9.63. The van der Waals surface area contributed by atoms with Gasteiger partial charge in [0.2, 0.25) is 5.91 Å². The third kappa shape index (κ3) is 4.32. The molecule has 3 heterocycles. The van der Waals surface area contributed by atoms with Gasteiger partial charge in [-0.05, 0) is 43.1 Å². The topological polar surface area (TPSA) is 65.5 Å². The Labute approximate surface area is 211 Å². The SMILES string of the molecule is CC(=O)C1=NN2c3cc(Cl)ccc3OCC2[C@@]1(CCCN1CCN(C(C)=O)CC1)c1ccccc1. The van der Waals surface area contributed by atoms with Crippen LogP contribution in [0.3, 0.4) is 0 Å². The molecule has 1 fully saturated rings. The lowest BCUT2D eigenvalue weighted by Gasteiger charge is -2.42. The van der Waals surface area contributed by atoms with Gasteiger partial charge >= 0.3 is 0 Å². The van der Waals surface area contributed by atoms with Gasteiger partial charge in [-0.3, -0.25) is 19.5 Å². The van der Waals surface area contributed by atoms with E-state index in [9.17, 15) is 9.59 Å². The second-order valence-corrected chi connectivity index (χ2v) is 10.0. The number of anilines is 1.